The molecule has 1 aliphatic rings. The van der Waals surface area contributed by atoms with Crippen molar-refractivity contribution in [3.05, 3.63) is 64.2 Å². The van der Waals surface area contributed by atoms with Crippen LogP contribution >= 0.6 is 0 Å². The van der Waals surface area contributed by atoms with E-state index in [4.69, 9.17) is 10.5 Å². The van der Waals surface area contributed by atoms with Crippen LogP contribution in [0.5, 0.6) is 0 Å². The Morgan fingerprint density at radius 2 is 1.93 bits per heavy atom. The van der Waals surface area contributed by atoms with Crippen LogP contribution in [0.2, 0.25) is 0 Å². The van der Waals surface area contributed by atoms with Gasteiger partial charge in [0.15, 0.2) is 0 Å². The summed E-state index contributed by atoms with van der Waals surface area (Å²) in [6, 6.07) is 11.7. The van der Waals surface area contributed by atoms with Crippen molar-refractivity contribution >= 4 is 22.6 Å². The number of nitrogen functional groups attached to an aromatic ring is 1. The third-order valence-corrected chi connectivity index (χ3v) is 5.56. The first-order valence-corrected chi connectivity index (χ1v) is 9.87. The second-order valence-electron chi connectivity index (χ2n) is 7.45. The van der Waals surface area contributed by atoms with Gasteiger partial charge in [0.2, 0.25) is 0 Å². The Kier molecular flexibility index (Phi) is 5.09. The minimum atomic E-state index is -0.399. The fourth-order valence-corrected chi connectivity index (χ4v) is 3.72. The molecule has 0 amide bonds. The van der Waals surface area contributed by atoms with Crippen molar-refractivity contribution in [1.29, 1.82) is 0 Å². The third kappa shape index (κ3) is 3.62. The molecular weight excluding hydrogens is 371 g/mol. The summed E-state index contributed by atoms with van der Waals surface area (Å²) in [6.45, 7) is 1.65. The first-order chi connectivity index (χ1) is 14.0. The lowest BCUT2D eigenvalue weighted by atomic mass is 9.91. The average Bonchev–Trinajstić information content (AvgIpc) is 2.67. The summed E-state index contributed by atoms with van der Waals surface area (Å²) in [4.78, 5) is 24.5. The second kappa shape index (κ2) is 7.70. The lowest BCUT2D eigenvalue weighted by Crippen LogP contribution is -2.29. The van der Waals surface area contributed by atoms with Crippen molar-refractivity contribution in [2.24, 2.45) is 0 Å². The Hall–Kier alpha value is -3.15. The maximum atomic E-state index is 15.1. The zero-order valence-electron chi connectivity index (χ0n) is 16.3. The Balaban J connectivity index is 1.91. The topological polar surface area (TPSA) is 74.3 Å². The summed E-state index contributed by atoms with van der Waals surface area (Å²) < 4.78 is 22.0. The first-order valence-electron chi connectivity index (χ1n) is 9.87. The molecule has 0 bridgehead atoms. The van der Waals surface area contributed by atoms with Gasteiger partial charge in [-0.05, 0) is 49.1 Å². The minimum absolute atomic E-state index is 0.0510. The number of benzene rings is 2. The summed E-state index contributed by atoms with van der Waals surface area (Å²) in [6.07, 6.45) is 3.16. The van der Waals surface area contributed by atoms with E-state index in [0.717, 1.165) is 19.3 Å². The number of hydrogen-bond acceptors (Lipinski definition) is 4. The molecule has 5 nitrogen and oxygen atoms in total. The fourth-order valence-electron chi connectivity index (χ4n) is 3.72. The number of hydrogen-bond donors (Lipinski definition) is 1. The quantitative estimate of drug-likeness (QED) is 0.508. The summed E-state index contributed by atoms with van der Waals surface area (Å²) >= 11 is 0. The van der Waals surface area contributed by atoms with Crippen LogP contribution in [0.1, 0.15) is 44.2 Å². The van der Waals surface area contributed by atoms with Gasteiger partial charge < -0.3 is 15.0 Å². The summed E-state index contributed by atoms with van der Waals surface area (Å²) in [7, 11) is 0. The second-order valence-corrected chi connectivity index (χ2v) is 7.45. The highest BCUT2D eigenvalue weighted by atomic mass is 19.1. The highest BCUT2D eigenvalue weighted by Crippen LogP contribution is 2.36. The Morgan fingerprint density at radius 1 is 1.21 bits per heavy atom. The summed E-state index contributed by atoms with van der Waals surface area (Å²) in [5, 5.41) is 0.595. The predicted molar refractivity (Wildman–Crippen MR) is 111 cm³/mol. The van der Waals surface area contributed by atoms with E-state index in [1.54, 1.807) is 41.8 Å². The Morgan fingerprint density at radius 3 is 2.55 bits per heavy atom. The van der Waals surface area contributed by atoms with Gasteiger partial charge in [-0.2, -0.15) is 0 Å². The van der Waals surface area contributed by atoms with E-state index in [9.17, 15) is 9.59 Å². The first kappa shape index (κ1) is 19.2. The van der Waals surface area contributed by atoms with Gasteiger partial charge >= 0.3 is 5.97 Å². The minimum Gasteiger partial charge on any atom is -0.461 e. The van der Waals surface area contributed by atoms with Crippen LogP contribution in [-0.4, -0.2) is 10.5 Å². The molecule has 2 N–H and O–H groups in total. The number of aromatic nitrogens is 1. The van der Waals surface area contributed by atoms with Gasteiger partial charge in [0.25, 0.3) is 5.56 Å². The molecule has 0 atom stereocenters. The van der Waals surface area contributed by atoms with E-state index in [1.807, 2.05) is 0 Å². The number of anilines is 1. The molecule has 0 saturated heterocycles. The molecule has 0 unspecified atom stereocenters. The predicted octanol–water partition coefficient (Wildman–Crippen LogP) is 4.57. The van der Waals surface area contributed by atoms with E-state index < -0.39 is 5.82 Å². The van der Waals surface area contributed by atoms with E-state index in [1.165, 1.54) is 12.1 Å². The Bertz CT molecular complexity index is 1130. The fraction of sp³-hybridized carbons (Fsp3) is 0.304. The van der Waals surface area contributed by atoms with Crippen LogP contribution in [0, 0.1) is 5.82 Å². The van der Waals surface area contributed by atoms with Crippen molar-refractivity contribution in [2.75, 3.05) is 5.73 Å². The van der Waals surface area contributed by atoms with E-state index >= 15 is 4.39 Å². The van der Waals surface area contributed by atoms with Gasteiger partial charge in [0, 0.05) is 40.7 Å². The SMILES string of the molecule is CCC(=O)OCc1cc(=O)n(C2CCC2)c2cc(-c3ccc(N)cc3)c(F)cc12. The molecule has 1 aliphatic carbocycles. The number of ether oxygens (including phenoxy) is 1. The van der Waals surface area contributed by atoms with Gasteiger partial charge in [0.1, 0.15) is 12.4 Å². The number of halogens is 1. The van der Waals surface area contributed by atoms with Crippen molar-refractivity contribution < 1.29 is 13.9 Å². The van der Waals surface area contributed by atoms with Gasteiger partial charge in [-0.25, -0.2) is 4.39 Å². The molecule has 4 rings (SSSR count). The monoisotopic (exact) mass is 394 g/mol. The van der Waals surface area contributed by atoms with Gasteiger partial charge in [-0.15, -0.1) is 0 Å². The molecule has 1 aromatic heterocycles. The largest absolute Gasteiger partial charge is 0.461 e. The average molecular weight is 394 g/mol. The number of rotatable bonds is 5. The van der Waals surface area contributed by atoms with Crippen LogP contribution in [0.4, 0.5) is 10.1 Å². The summed E-state index contributed by atoms with van der Waals surface area (Å²) in [5.41, 5.74) is 8.48. The zero-order chi connectivity index (χ0) is 20.5. The number of pyridine rings is 1. The summed E-state index contributed by atoms with van der Waals surface area (Å²) in [5.74, 6) is -0.760. The number of carbonyl (C=O) groups is 1. The van der Waals surface area contributed by atoms with Gasteiger partial charge in [-0.3, -0.25) is 9.59 Å². The number of fused-ring (bicyclic) bond motifs is 1. The molecular formula is C23H23FN2O3. The van der Waals surface area contributed by atoms with Crippen molar-refractivity contribution in [2.45, 2.75) is 45.3 Å². The highest BCUT2D eigenvalue weighted by Gasteiger charge is 2.24. The molecule has 1 fully saturated rings. The molecule has 2 aromatic carbocycles. The molecule has 1 saturated carbocycles. The Labute approximate surface area is 167 Å². The number of carbonyl (C=O) groups excluding carboxylic acids is 1. The van der Waals surface area contributed by atoms with E-state index in [2.05, 4.69) is 0 Å². The van der Waals surface area contributed by atoms with Crippen LogP contribution in [0.25, 0.3) is 22.0 Å². The smallest absolute Gasteiger partial charge is 0.305 e. The molecule has 3 aromatic rings. The molecule has 29 heavy (non-hydrogen) atoms. The van der Waals surface area contributed by atoms with E-state index in [0.29, 0.717) is 33.3 Å². The zero-order valence-corrected chi connectivity index (χ0v) is 16.3. The lowest BCUT2D eigenvalue weighted by molar-refractivity contribution is -0.144. The molecule has 0 aliphatic heterocycles. The van der Waals surface area contributed by atoms with Gasteiger partial charge in [0.05, 0.1) is 5.52 Å². The van der Waals surface area contributed by atoms with Crippen LogP contribution in [0.3, 0.4) is 0 Å². The standard InChI is InChI=1S/C23H23FN2O3/c1-2-23(28)29-13-15-10-22(27)26(17-4-3-5-17)21-12-18(20(24)11-19(15)21)14-6-8-16(25)9-7-14/h6-12,17H,2-5,13,25H2,1H3. The third-order valence-electron chi connectivity index (χ3n) is 5.56. The highest BCUT2D eigenvalue weighted by molar-refractivity contribution is 5.88. The molecule has 6 heteroatoms. The van der Waals surface area contributed by atoms with Crippen LogP contribution in [-0.2, 0) is 16.1 Å². The molecule has 150 valence electrons. The number of nitrogens with zero attached hydrogens (tertiary/aromatic N) is 1. The maximum Gasteiger partial charge on any atom is 0.305 e. The van der Waals surface area contributed by atoms with Crippen LogP contribution in [0.15, 0.2) is 47.3 Å². The molecule has 0 radical (unpaired) electrons. The van der Waals surface area contributed by atoms with Crippen LogP contribution < -0.4 is 11.3 Å². The van der Waals surface area contributed by atoms with E-state index in [-0.39, 0.29) is 30.6 Å². The maximum absolute atomic E-state index is 15.1. The van der Waals surface area contributed by atoms with Crippen molar-refractivity contribution in [3.63, 3.8) is 0 Å². The molecule has 0 spiro atoms. The number of esters is 1. The van der Waals surface area contributed by atoms with Crippen molar-refractivity contribution in [3.8, 4) is 11.1 Å². The van der Waals surface area contributed by atoms with Crippen molar-refractivity contribution in [1.82, 2.24) is 4.57 Å². The lowest BCUT2D eigenvalue weighted by Gasteiger charge is -2.29. The normalized spacial score (nSPS) is 14.0. The van der Waals surface area contributed by atoms with Gasteiger partial charge in [-0.1, -0.05) is 19.1 Å². The molecule has 1 heterocycles. The number of nitrogens with two attached hydrogens (primary N) is 1.